The van der Waals surface area contributed by atoms with Gasteiger partial charge >= 0.3 is 7.12 Å². The van der Waals surface area contributed by atoms with E-state index in [1.54, 1.807) is 0 Å². The number of nitrogens with one attached hydrogen (secondary N) is 1. The van der Waals surface area contributed by atoms with Gasteiger partial charge in [0.1, 0.15) is 0 Å². The number of hydrogen-bond donors (Lipinski definition) is 1. The van der Waals surface area contributed by atoms with E-state index >= 15 is 0 Å². The second-order valence-corrected chi connectivity index (χ2v) is 8.24. The Labute approximate surface area is 140 Å². The van der Waals surface area contributed by atoms with Crippen LogP contribution in [-0.4, -0.2) is 30.9 Å². The first-order valence-corrected chi connectivity index (χ1v) is 8.01. The summed E-state index contributed by atoms with van der Waals surface area (Å²) in [6.07, 6.45) is 0. The molecule has 1 heterocycles. The zero-order valence-corrected chi connectivity index (χ0v) is 15.5. The Kier molecular flexibility index (Phi) is 4.48. The Bertz CT molecular complexity index is 564. The quantitative estimate of drug-likeness (QED) is 0.685. The molecule has 5 nitrogen and oxygen atoms in total. The van der Waals surface area contributed by atoms with E-state index in [1.807, 2.05) is 45.9 Å². The maximum atomic E-state index is 12.0. The molecule has 0 aromatic heterocycles. The van der Waals surface area contributed by atoms with Crippen molar-refractivity contribution < 1.29 is 9.31 Å². The standard InChI is InChI=1S/C17H28BN2O3/c1-15(2,3)19-13-10-9-12(11-14(13)20(8)21)18-22-16(4,5)17(6,7)23-18/h9-11,19H,1-8H3/q-1. The van der Waals surface area contributed by atoms with Gasteiger partial charge in [0.25, 0.3) is 0 Å². The van der Waals surface area contributed by atoms with Gasteiger partial charge in [0.15, 0.2) is 0 Å². The second-order valence-electron chi connectivity index (χ2n) is 8.24. The molecule has 0 unspecified atom stereocenters. The van der Waals surface area contributed by atoms with E-state index in [0.29, 0.717) is 5.69 Å². The smallest absolute Gasteiger partial charge is 0.494 e. The fraction of sp³-hybridized carbons (Fsp3) is 0.647. The summed E-state index contributed by atoms with van der Waals surface area (Å²) in [5.74, 6) is 0. The lowest BCUT2D eigenvalue weighted by Crippen LogP contribution is -2.41. The van der Waals surface area contributed by atoms with Crippen LogP contribution in [0.3, 0.4) is 0 Å². The Hall–Kier alpha value is -1.24. The van der Waals surface area contributed by atoms with E-state index in [0.717, 1.165) is 16.2 Å². The third-order valence-corrected chi connectivity index (χ3v) is 4.40. The van der Waals surface area contributed by atoms with Gasteiger partial charge in [-0.15, -0.1) is 0 Å². The molecule has 1 saturated heterocycles. The van der Waals surface area contributed by atoms with E-state index < -0.39 is 18.3 Å². The lowest BCUT2D eigenvalue weighted by molar-refractivity contribution is 0.00578. The third-order valence-electron chi connectivity index (χ3n) is 4.40. The van der Waals surface area contributed by atoms with Gasteiger partial charge in [-0.3, -0.25) is 0 Å². The lowest BCUT2D eigenvalue weighted by Gasteiger charge is -2.32. The van der Waals surface area contributed by atoms with Crippen LogP contribution in [0, 0.1) is 5.21 Å². The molecule has 1 aliphatic heterocycles. The molecule has 6 heteroatoms. The van der Waals surface area contributed by atoms with Gasteiger partial charge in [0.05, 0.1) is 16.9 Å². The maximum absolute atomic E-state index is 12.0. The first-order chi connectivity index (χ1) is 10.3. The Morgan fingerprint density at radius 3 is 2.04 bits per heavy atom. The highest BCUT2D eigenvalue weighted by atomic mass is 16.7. The van der Waals surface area contributed by atoms with Crippen LogP contribution in [0.1, 0.15) is 48.5 Å². The summed E-state index contributed by atoms with van der Waals surface area (Å²) in [6.45, 7) is 14.2. The molecular weight excluding hydrogens is 291 g/mol. The van der Waals surface area contributed by atoms with Crippen molar-refractivity contribution in [3.8, 4) is 0 Å². The largest absolute Gasteiger partial charge is 0.758 e. The van der Waals surface area contributed by atoms with Gasteiger partial charge in [-0.25, -0.2) is 0 Å². The number of benzene rings is 1. The normalized spacial score (nSPS) is 19.8. The topological polar surface area (TPSA) is 56.8 Å². The first-order valence-electron chi connectivity index (χ1n) is 8.01. The van der Waals surface area contributed by atoms with Gasteiger partial charge in [-0.1, -0.05) is 6.07 Å². The van der Waals surface area contributed by atoms with Crippen molar-refractivity contribution >= 4 is 24.0 Å². The number of anilines is 2. The minimum atomic E-state index is -0.470. The van der Waals surface area contributed by atoms with Crippen molar-refractivity contribution in [2.45, 2.75) is 65.2 Å². The molecule has 0 saturated carbocycles. The summed E-state index contributed by atoms with van der Waals surface area (Å²) in [7, 11) is 1.03. The van der Waals surface area contributed by atoms with Crippen molar-refractivity contribution in [2.75, 3.05) is 17.4 Å². The molecule has 1 aromatic rings. The fourth-order valence-electron chi connectivity index (χ4n) is 2.44. The average molecular weight is 319 g/mol. The van der Waals surface area contributed by atoms with Gasteiger partial charge in [-0.05, 0) is 73.1 Å². The van der Waals surface area contributed by atoms with Crippen LogP contribution >= 0.6 is 0 Å². The predicted molar refractivity (Wildman–Crippen MR) is 97.3 cm³/mol. The molecule has 128 valence electrons. The summed E-state index contributed by atoms with van der Waals surface area (Å²) in [5, 5.41) is 16.2. The maximum Gasteiger partial charge on any atom is 0.494 e. The molecule has 23 heavy (non-hydrogen) atoms. The second kappa shape index (κ2) is 5.69. The van der Waals surface area contributed by atoms with E-state index in [2.05, 4.69) is 26.1 Å². The molecule has 1 aromatic carbocycles. The van der Waals surface area contributed by atoms with Crippen molar-refractivity contribution in [1.82, 2.24) is 0 Å². The number of nitrogens with zero attached hydrogens (tertiary/aromatic N) is 1. The van der Waals surface area contributed by atoms with Gasteiger partial charge in [0, 0.05) is 11.2 Å². The predicted octanol–water partition coefficient (Wildman–Crippen LogP) is 3.13. The first kappa shape index (κ1) is 18.1. The molecule has 0 atom stereocenters. The van der Waals surface area contributed by atoms with Crippen LogP contribution in [-0.2, 0) is 9.31 Å². The number of rotatable bonds is 3. The number of hydroxylamine groups is 1. The van der Waals surface area contributed by atoms with Crippen LogP contribution in [0.15, 0.2) is 18.2 Å². The van der Waals surface area contributed by atoms with E-state index in [-0.39, 0.29) is 5.54 Å². The minimum Gasteiger partial charge on any atom is -0.758 e. The molecule has 2 rings (SSSR count). The lowest BCUT2D eigenvalue weighted by atomic mass is 9.78. The molecule has 1 N–H and O–H groups in total. The zero-order chi connectivity index (χ0) is 17.6. The summed E-state index contributed by atoms with van der Waals surface area (Å²) < 4.78 is 12.1. The Morgan fingerprint density at radius 1 is 1.09 bits per heavy atom. The molecular formula is C17H28BN2O3-. The van der Waals surface area contributed by atoms with Crippen molar-refractivity contribution in [1.29, 1.82) is 0 Å². The highest BCUT2D eigenvalue weighted by Crippen LogP contribution is 2.37. The highest BCUT2D eigenvalue weighted by molar-refractivity contribution is 6.62. The molecule has 0 spiro atoms. The summed E-state index contributed by atoms with van der Waals surface area (Å²) in [4.78, 5) is 0. The SMILES string of the molecule is CN([O-])c1cc(B2OC(C)(C)C(C)(C)O2)ccc1NC(C)(C)C. The molecule has 1 fully saturated rings. The van der Waals surface area contributed by atoms with Crippen LogP contribution in [0.2, 0.25) is 0 Å². The zero-order valence-electron chi connectivity index (χ0n) is 15.5. The van der Waals surface area contributed by atoms with E-state index in [4.69, 9.17) is 9.31 Å². The summed E-state index contributed by atoms with van der Waals surface area (Å²) in [6, 6.07) is 5.70. The van der Waals surface area contributed by atoms with Crippen LogP contribution in [0.25, 0.3) is 0 Å². The molecule has 0 amide bonds. The average Bonchev–Trinajstić information content (AvgIpc) is 2.56. The van der Waals surface area contributed by atoms with E-state index in [9.17, 15) is 5.21 Å². The number of hydrogen-bond acceptors (Lipinski definition) is 5. The Morgan fingerprint density at radius 2 is 1.61 bits per heavy atom. The summed E-state index contributed by atoms with van der Waals surface area (Å²) >= 11 is 0. The van der Waals surface area contributed by atoms with Crippen LogP contribution < -0.4 is 15.8 Å². The van der Waals surface area contributed by atoms with Crippen molar-refractivity contribution in [3.05, 3.63) is 23.4 Å². The molecule has 0 bridgehead atoms. The van der Waals surface area contributed by atoms with E-state index in [1.165, 1.54) is 7.05 Å². The minimum absolute atomic E-state index is 0.128. The van der Waals surface area contributed by atoms with Crippen LogP contribution in [0.4, 0.5) is 11.4 Å². The molecule has 1 aliphatic rings. The van der Waals surface area contributed by atoms with Gasteiger partial charge in [0.2, 0.25) is 0 Å². The highest BCUT2D eigenvalue weighted by Gasteiger charge is 2.51. The van der Waals surface area contributed by atoms with Crippen LogP contribution in [0.5, 0.6) is 0 Å². The monoisotopic (exact) mass is 319 g/mol. The third kappa shape index (κ3) is 3.82. The van der Waals surface area contributed by atoms with Gasteiger partial charge in [-0.2, -0.15) is 0 Å². The van der Waals surface area contributed by atoms with Gasteiger partial charge < -0.3 is 24.9 Å². The summed E-state index contributed by atoms with van der Waals surface area (Å²) in [5.41, 5.74) is 1.30. The Balaban J connectivity index is 2.34. The molecule has 0 radical (unpaired) electrons. The fourth-order valence-corrected chi connectivity index (χ4v) is 2.44. The molecule has 0 aliphatic carbocycles. The van der Waals surface area contributed by atoms with Crippen molar-refractivity contribution in [2.24, 2.45) is 0 Å². The van der Waals surface area contributed by atoms with Crippen molar-refractivity contribution in [3.63, 3.8) is 0 Å².